The van der Waals surface area contributed by atoms with Gasteiger partial charge in [-0.1, -0.05) is 6.07 Å². The molecular weight excluding hydrogens is 284 g/mol. The van der Waals surface area contributed by atoms with Gasteiger partial charge in [0.05, 0.1) is 17.8 Å². The van der Waals surface area contributed by atoms with E-state index in [1.54, 1.807) is 0 Å². The zero-order valence-corrected chi connectivity index (χ0v) is 10.8. The highest BCUT2D eigenvalue weighted by atomic mass is 79.9. The molecule has 17 heavy (non-hydrogen) atoms. The van der Waals surface area contributed by atoms with Crippen molar-refractivity contribution >= 4 is 27.5 Å². The Morgan fingerprint density at radius 3 is 3.00 bits per heavy atom. The maximum absolute atomic E-state index is 11.7. The van der Waals surface area contributed by atoms with Gasteiger partial charge in [-0.05, 0) is 40.5 Å². The van der Waals surface area contributed by atoms with E-state index in [-0.39, 0.29) is 12.3 Å². The molecule has 0 saturated heterocycles. The molecular formula is C12H11BrN2O2. The van der Waals surface area contributed by atoms with Crippen molar-refractivity contribution in [2.45, 2.75) is 13.3 Å². The van der Waals surface area contributed by atoms with E-state index in [0.29, 0.717) is 5.69 Å². The van der Waals surface area contributed by atoms with Crippen molar-refractivity contribution in [3.8, 4) is 0 Å². The molecule has 2 aromatic rings. The molecule has 0 bridgehead atoms. The van der Waals surface area contributed by atoms with Gasteiger partial charge >= 0.3 is 0 Å². The molecule has 5 heteroatoms. The number of oxazole rings is 1. The summed E-state index contributed by atoms with van der Waals surface area (Å²) in [6.45, 7) is 1.99. The van der Waals surface area contributed by atoms with Gasteiger partial charge < -0.3 is 9.73 Å². The molecule has 4 nitrogen and oxygen atoms in total. The topological polar surface area (TPSA) is 55.1 Å². The highest BCUT2D eigenvalue weighted by molar-refractivity contribution is 9.10. The molecule has 2 rings (SSSR count). The summed E-state index contributed by atoms with van der Waals surface area (Å²) in [6.07, 6.45) is 2.98. The number of hydrogen-bond donors (Lipinski definition) is 1. The Kier molecular flexibility index (Phi) is 3.58. The fraction of sp³-hybridized carbons (Fsp3) is 0.167. The van der Waals surface area contributed by atoms with Crippen LogP contribution >= 0.6 is 15.9 Å². The minimum atomic E-state index is -0.122. The number of aryl methyl sites for hydroxylation is 1. The Hall–Kier alpha value is -1.62. The molecule has 0 radical (unpaired) electrons. The number of anilines is 1. The third-order valence-electron chi connectivity index (χ3n) is 2.22. The van der Waals surface area contributed by atoms with Crippen LogP contribution in [0.4, 0.5) is 5.69 Å². The van der Waals surface area contributed by atoms with Crippen LogP contribution in [0.2, 0.25) is 0 Å². The Bertz CT molecular complexity index is 523. The summed E-state index contributed by atoms with van der Waals surface area (Å²) in [7, 11) is 0. The van der Waals surface area contributed by atoms with E-state index in [0.717, 1.165) is 15.7 Å². The smallest absolute Gasteiger partial charge is 0.230 e. The zero-order chi connectivity index (χ0) is 12.3. The lowest BCUT2D eigenvalue weighted by Crippen LogP contribution is -2.14. The normalized spacial score (nSPS) is 10.2. The fourth-order valence-corrected chi connectivity index (χ4v) is 2.00. The third-order valence-corrected chi connectivity index (χ3v) is 2.88. The van der Waals surface area contributed by atoms with Crippen molar-refractivity contribution < 1.29 is 9.21 Å². The molecule has 1 aromatic carbocycles. The van der Waals surface area contributed by atoms with E-state index in [1.165, 1.54) is 12.7 Å². The second-order valence-electron chi connectivity index (χ2n) is 3.69. The molecule has 1 amide bonds. The Morgan fingerprint density at radius 2 is 2.35 bits per heavy atom. The molecule has 0 spiro atoms. The Morgan fingerprint density at radius 1 is 1.53 bits per heavy atom. The quantitative estimate of drug-likeness (QED) is 0.947. The van der Waals surface area contributed by atoms with Crippen LogP contribution in [-0.2, 0) is 11.2 Å². The lowest BCUT2D eigenvalue weighted by atomic mass is 10.2. The van der Waals surface area contributed by atoms with E-state index >= 15 is 0 Å². The van der Waals surface area contributed by atoms with Crippen LogP contribution in [0.1, 0.15) is 11.3 Å². The van der Waals surface area contributed by atoms with E-state index in [4.69, 9.17) is 4.42 Å². The Labute approximate surface area is 107 Å². The van der Waals surface area contributed by atoms with Gasteiger partial charge in [-0.2, -0.15) is 0 Å². The molecule has 0 aliphatic heterocycles. The largest absolute Gasteiger partial charge is 0.451 e. The van der Waals surface area contributed by atoms with Crippen molar-refractivity contribution in [2.75, 3.05) is 5.32 Å². The first kappa shape index (κ1) is 11.9. The lowest BCUT2D eigenvalue weighted by Gasteiger charge is -2.07. The first-order chi connectivity index (χ1) is 8.15. The lowest BCUT2D eigenvalue weighted by molar-refractivity contribution is -0.115. The molecule has 88 valence electrons. The van der Waals surface area contributed by atoms with Crippen molar-refractivity contribution in [1.29, 1.82) is 0 Å². The Balaban J connectivity index is 2.03. The van der Waals surface area contributed by atoms with Crippen LogP contribution in [-0.4, -0.2) is 10.9 Å². The number of benzene rings is 1. The number of carbonyl (C=O) groups excluding carboxylic acids is 1. The summed E-state index contributed by atoms with van der Waals surface area (Å²) in [6, 6.07) is 5.75. The van der Waals surface area contributed by atoms with Gasteiger partial charge in [-0.3, -0.25) is 4.79 Å². The number of carbonyl (C=O) groups is 1. The van der Waals surface area contributed by atoms with Gasteiger partial charge in [0.1, 0.15) is 6.26 Å². The van der Waals surface area contributed by atoms with Crippen LogP contribution in [0.25, 0.3) is 0 Å². The number of amides is 1. The SMILES string of the molecule is Cc1ccc(NC(=O)Cc2cocn2)c(Br)c1. The highest BCUT2D eigenvalue weighted by Gasteiger charge is 2.08. The number of halogens is 1. The zero-order valence-electron chi connectivity index (χ0n) is 9.24. The van der Waals surface area contributed by atoms with E-state index < -0.39 is 0 Å². The number of hydrogen-bond acceptors (Lipinski definition) is 3. The van der Waals surface area contributed by atoms with Gasteiger partial charge in [0.15, 0.2) is 6.39 Å². The van der Waals surface area contributed by atoms with Gasteiger partial charge in [0, 0.05) is 4.47 Å². The summed E-state index contributed by atoms with van der Waals surface area (Å²) in [5.74, 6) is -0.122. The van der Waals surface area contributed by atoms with E-state index in [9.17, 15) is 4.79 Å². The van der Waals surface area contributed by atoms with Crippen molar-refractivity contribution in [3.63, 3.8) is 0 Å². The molecule has 0 atom stereocenters. The van der Waals surface area contributed by atoms with Crippen molar-refractivity contribution in [1.82, 2.24) is 4.98 Å². The fourth-order valence-electron chi connectivity index (χ4n) is 1.41. The molecule has 0 saturated carbocycles. The van der Waals surface area contributed by atoms with Gasteiger partial charge in [-0.25, -0.2) is 4.98 Å². The summed E-state index contributed by atoms with van der Waals surface area (Å²) >= 11 is 3.40. The molecule has 0 unspecified atom stereocenters. The van der Waals surface area contributed by atoms with Gasteiger partial charge in [0.2, 0.25) is 5.91 Å². The molecule has 0 aliphatic rings. The summed E-state index contributed by atoms with van der Waals surface area (Å²) in [4.78, 5) is 15.6. The predicted octanol–water partition coefficient (Wildman–Crippen LogP) is 2.93. The maximum atomic E-state index is 11.7. The first-order valence-corrected chi connectivity index (χ1v) is 5.87. The summed E-state index contributed by atoms with van der Waals surface area (Å²) in [5, 5.41) is 2.81. The third kappa shape index (κ3) is 3.17. The number of rotatable bonds is 3. The van der Waals surface area contributed by atoms with Crippen LogP contribution in [0.3, 0.4) is 0 Å². The average molecular weight is 295 g/mol. The molecule has 0 fully saturated rings. The predicted molar refractivity (Wildman–Crippen MR) is 67.7 cm³/mol. The van der Waals surface area contributed by atoms with Crippen LogP contribution in [0, 0.1) is 6.92 Å². The molecule has 1 heterocycles. The number of nitrogens with one attached hydrogen (secondary N) is 1. The van der Waals surface area contributed by atoms with Gasteiger partial charge in [0.25, 0.3) is 0 Å². The highest BCUT2D eigenvalue weighted by Crippen LogP contribution is 2.23. The maximum Gasteiger partial charge on any atom is 0.230 e. The van der Waals surface area contributed by atoms with Gasteiger partial charge in [-0.15, -0.1) is 0 Å². The van der Waals surface area contributed by atoms with Crippen molar-refractivity contribution in [3.05, 3.63) is 46.6 Å². The summed E-state index contributed by atoms with van der Waals surface area (Å²) < 4.78 is 5.67. The number of aromatic nitrogens is 1. The second kappa shape index (κ2) is 5.14. The monoisotopic (exact) mass is 294 g/mol. The minimum absolute atomic E-state index is 0.122. The molecule has 0 aliphatic carbocycles. The van der Waals surface area contributed by atoms with E-state index in [1.807, 2.05) is 25.1 Å². The first-order valence-electron chi connectivity index (χ1n) is 5.08. The second-order valence-corrected chi connectivity index (χ2v) is 4.54. The van der Waals surface area contributed by atoms with Crippen LogP contribution < -0.4 is 5.32 Å². The molecule has 1 aromatic heterocycles. The standard InChI is InChI=1S/C12H11BrN2O2/c1-8-2-3-11(10(13)4-8)15-12(16)5-9-6-17-7-14-9/h2-4,6-7H,5H2,1H3,(H,15,16). The van der Waals surface area contributed by atoms with Crippen molar-refractivity contribution in [2.24, 2.45) is 0 Å². The number of nitrogens with zero attached hydrogens (tertiary/aromatic N) is 1. The molecule has 1 N–H and O–H groups in total. The van der Waals surface area contributed by atoms with Crippen LogP contribution in [0.5, 0.6) is 0 Å². The van der Waals surface area contributed by atoms with E-state index in [2.05, 4.69) is 26.2 Å². The minimum Gasteiger partial charge on any atom is -0.451 e. The summed E-state index contributed by atoms with van der Waals surface area (Å²) in [5.41, 5.74) is 2.50. The van der Waals surface area contributed by atoms with Crippen LogP contribution in [0.15, 0.2) is 39.7 Å². The average Bonchev–Trinajstić information content (AvgIpc) is 2.75.